The summed E-state index contributed by atoms with van der Waals surface area (Å²) in [5.74, 6) is 1.21. The highest BCUT2D eigenvalue weighted by Crippen LogP contribution is 2.24. The van der Waals surface area contributed by atoms with Crippen LogP contribution in [0, 0.1) is 13.8 Å². The summed E-state index contributed by atoms with van der Waals surface area (Å²) in [4.78, 5) is 12.8. The molecule has 0 aliphatic carbocycles. The third-order valence-corrected chi connectivity index (χ3v) is 5.77. The van der Waals surface area contributed by atoms with Gasteiger partial charge in [0.15, 0.2) is 12.4 Å². The molecule has 158 valence electrons. The molecule has 2 aromatic carbocycles. The third-order valence-electron chi connectivity index (χ3n) is 4.70. The number of aryl methyl sites for hydroxylation is 1. The van der Waals surface area contributed by atoms with E-state index in [4.69, 9.17) is 20.8 Å². The topological polar surface area (TPSA) is 70.2 Å². The second kappa shape index (κ2) is 9.41. The molecule has 0 amide bonds. The number of ketones is 1. The fourth-order valence-electron chi connectivity index (χ4n) is 3.26. The maximum Gasteiger partial charge on any atom is 0.277 e. The van der Waals surface area contributed by atoms with Crippen LogP contribution in [0.5, 0.6) is 5.75 Å². The zero-order valence-corrected chi connectivity index (χ0v) is 18.6. The van der Waals surface area contributed by atoms with Gasteiger partial charge in [0.05, 0.1) is 5.75 Å². The Morgan fingerprint density at radius 1 is 1.10 bits per heavy atom. The Morgan fingerprint density at radius 2 is 1.84 bits per heavy atom. The van der Waals surface area contributed by atoms with Crippen LogP contribution in [-0.2, 0) is 6.61 Å². The van der Waals surface area contributed by atoms with E-state index in [1.807, 2.05) is 50.2 Å². The van der Waals surface area contributed by atoms with Crippen LogP contribution < -0.4 is 4.74 Å². The van der Waals surface area contributed by atoms with E-state index in [-0.39, 0.29) is 18.1 Å². The van der Waals surface area contributed by atoms with Crippen molar-refractivity contribution < 1.29 is 13.9 Å². The average molecular weight is 454 g/mol. The number of Topliss-reactive ketones (excluding diaryl/α,β-unsaturated/α-hetero) is 1. The smallest absolute Gasteiger partial charge is 0.277 e. The van der Waals surface area contributed by atoms with E-state index >= 15 is 0 Å². The van der Waals surface area contributed by atoms with Gasteiger partial charge in [-0.25, -0.2) is 0 Å². The highest BCUT2D eigenvalue weighted by molar-refractivity contribution is 7.99. The highest BCUT2D eigenvalue weighted by atomic mass is 35.5. The second-order valence-corrected chi connectivity index (χ2v) is 8.23. The van der Waals surface area contributed by atoms with Crippen molar-refractivity contribution in [3.63, 3.8) is 0 Å². The van der Waals surface area contributed by atoms with Crippen LogP contribution in [0.15, 0.2) is 70.3 Å². The third kappa shape index (κ3) is 5.00. The van der Waals surface area contributed by atoms with Crippen molar-refractivity contribution in [2.45, 2.75) is 25.7 Å². The largest absolute Gasteiger partial charge is 0.484 e. The number of benzene rings is 2. The molecule has 0 atom stereocenters. The molecule has 8 heteroatoms. The summed E-state index contributed by atoms with van der Waals surface area (Å²) < 4.78 is 13.3. The standard InChI is InChI=1S/C23H20ClN3O3S/c1-15-12-20(16(2)27(15)18-6-4-3-5-7-18)21(28)14-31-23-26-25-22(30-23)13-29-19-10-8-17(24)9-11-19/h3-12H,13-14H2,1-2H3. The number of carbonyl (C=O) groups excluding carboxylic acids is 1. The lowest BCUT2D eigenvalue weighted by Gasteiger charge is -2.09. The summed E-state index contributed by atoms with van der Waals surface area (Å²) in [6.07, 6.45) is 0. The van der Waals surface area contributed by atoms with Crippen molar-refractivity contribution in [3.8, 4) is 11.4 Å². The lowest BCUT2D eigenvalue weighted by Crippen LogP contribution is -2.05. The van der Waals surface area contributed by atoms with Crippen LogP contribution in [0.1, 0.15) is 27.6 Å². The molecule has 0 aliphatic heterocycles. The Bertz CT molecular complexity index is 1190. The zero-order valence-electron chi connectivity index (χ0n) is 17.0. The Labute approximate surface area is 189 Å². The van der Waals surface area contributed by atoms with Gasteiger partial charge < -0.3 is 13.7 Å². The fourth-order valence-corrected chi connectivity index (χ4v) is 4.05. The van der Waals surface area contributed by atoms with Crippen molar-refractivity contribution in [1.29, 1.82) is 0 Å². The molecule has 0 saturated carbocycles. The first-order chi connectivity index (χ1) is 15.0. The number of aromatic nitrogens is 3. The Morgan fingerprint density at radius 3 is 2.58 bits per heavy atom. The van der Waals surface area contributed by atoms with Gasteiger partial charge in [-0.15, -0.1) is 10.2 Å². The van der Waals surface area contributed by atoms with Gasteiger partial charge in [0.25, 0.3) is 11.1 Å². The molecule has 0 saturated heterocycles. The van der Waals surface area contributed by atoms with Gasteiger partial charge in [-0.2, -0.15) is 0 Å². The minimum atomic E-state index is 0.0115. The molecule has 0 N–H and O–H groups in total. The van der Waals surface area contributed by atoms with Crippen molar-refractivity contribution in [1.82, 2.24) is 14.8 Å². The Hall–Kier alpha value is -3.03. The minimum Gasteiger partial charge on any atom is -0.484 e. The quantitative estimate of drug-likeness (QED) is 0.252. The highest BCUT2D eigenvalue weighted by Gasteiger charge is 2.18. The number of hydrogen-bond donors (Lipinski definition) is 0. The van der Waals surface area contributed by atoms with Gasteiger partial charge in [0.1, 0.15) is 5.75 Å². The first kappa shape index (κ1) is 21.2. The van der Waals surface area contributed by atoms with Crippen LogP contribution >= 0.6 is 23.4 Å². The van der Waals surface area contributed by atoms with Crippen molar-refractivity contribution in [2.75, 3.05) is 5.75 Å². The van der Waals surface area contributed by atoms with Crippen LogP contribution in [0.4, 0.5) is 0 Å². The summed E-state index contributed by atoms with van der Waals surface area (Å²) in [6.45, 7) is 4.09. The first-order valence-corrected chi connectivity index (χ1v) is 11.0. The minimum absolute atomic E-state index is 0.0115. The van der Waals surface area contributed by atoms with Crippen LogP contribution in [-0.4, -0.2) is 26.3 Å². The van der Waals surface area contributed by atoms with E-state index in [1.54, 1.807) is 24.3 Å². The molecule has 31 heavy (non-hydrogen) atoms. The fraction of sp³-hybridized carbons (Fsp3) is 0.174. The van der Waals surface area contributed by atoms with Gasteiger partial charge in [0, 0.05) is 27.7 Å². The van der Waals surface area contributed by atoms with Crippen LogP contribution in [0.3, 0.4) is 0 Å². The van der Waals surface area contributed by atoms with Crippen molar-refractivity contribution in [3.05, 3.63) is 88.5 Å². The number of carbonyl (C=O) groups is 1. The summed E-state index contributed by atoms with van der Waals surface area (Å²) in [5, 5.41) is 8.93. The van der Waals surface area contributed by atoms with Crippen molar-refractivity contribution >= 4 is 29.1 Å². The molecule has 0 fully saturated rings. The van der Waals surface area contributed by atoms with E-state index in [0.717, 1.165) is 17.1 Å². The van der Waals surface area contributed by atoms with E-state index in [9.17, 15) is 4.79 Å². The number of halogens is 1. The van der Waals surface area contributed by atoms with Crippen LogP contribution in [0.2, 0.25) is 5.02 Å². The monoisotopic (exact) mass is 453 g/mol. The van der Waals surface area contributed by atoms with E-state index in [1.165, 1.54) is 11.8 Å². The molecule has 0 bridgehead atoms. The Kier molecular flexibility index (Phi) is 6.44. The molecule has 0 aliphatic rings. The summed E-state index contributed by atoms with van der Waals surface area (Å²) >= 11 is 7.07. The lowest BCUT2D eigenvalue weighted by molar-refractivity contribution is 0.102. The Balaban J connectivity index is 1.37. The number of thioether (sulfide) groups is 1. The molecular formula is C23H20ClN3O3S. The second-order valence-electron chi connectivity index (χ2n) is 6.87. The van der Waals surface area contributed by atoms with Gasteiger partial charge in [-0.3, -0.25) is 4.79 Å². The molecule has 0 unspecified atom stereocenters. The van der Waals surface area contributed by atoms with Crippen molar-refractivity contribution in [2.24, 2.45) is 0 Å². The zero-order chi connectivity index (χ0) is 21.8. The molecule has 6 nitrogen and oxygen atoms in total. The van der Waals surface area contributed by atoms with E-state index in [0.29, 0.717) is 27.4 Å². The van der Waals surface area contributed by atoms with Gasteiger partial charge >= 0.3 is 0 Å². The van der Waals surface area contributed by atoms with E-state index < -0.39 is 0 Å². The molecule has 0 radical (unpaired) electrons. The summed E-state index contributed by atoms with van der Waals surface area (Å²) in [5.41, 5.74) is 3.65. The predicted octanol–water partition coefficient (Wildman–Crippen LogP) is 5.68. The molecular weight excluding hydrogens is 434 g/mol. The van der Waals surface area contributed by atoms with Gasteiger partial charge in [-0.1, -0.05) is 41.6 Å². The summed E-state index contributed by atoms with van der Waals surface area (Å²) in [7, 11) is 0. The van der Waals surface area contributed by atoms with Crippen LogP contribution in [0.25, 0.3) is 5.69 Å². The number of ether oxygens (including phenoxy) is 1. The number of rotatable bonds is 8. The number of hydrogen-bond acceptors (Lipinski definition) is 6. The molecule has 2 heterocycles. The SMILES string of the molecule is Cc1cc(C(=O)CSc2nnc(COc3ccc(Cl)cc3)o2)c(C)n1-c1ccccc1. The molecule has 4 aromatic rings. The molecule has 2 aromatic heterocycles. The lowest BCUT2D eigenvalue weighted by atomic mass is 10.2. The molecule has 0 spiro atoms. The maximum absolute atomic E-state index is 12.8. The normalized spacial score (nSPS) is 10.9. The predicted molar refractivity (Wildman–Crippen MR) is 120 cm³/mol. The number of para-hydroxylation sites is 1. The van der Waals surface area contributed by atoms with Gasteiger partial charge in [-0.05, 0) is 56.3 Å². The average Bonchev–Trinajstić information content (AvgIpc) is 3.36. The van der Waals surface area contributed by atoms with E-state index in [2.05, 4.69) is 14.8 Å². The summed E-state index contributed by atoms with van der Waals surface area (Å²) in [6, 6.07) is 18.9. The first-order valence-electron chi connectivity index (χ1n) is 9.62. The maximum atomic E-state index is 12.8. The number of nitrogens with zero attached hydrogens (tertiary/aromatic N) is 3. The molecule has 4 rings (SSSR count). The van der Waals surface area contributed by atoms with Gasteiger partial charge in [0.2, 0.25) is 0 Å².